The van der Waals surface area contributed by atoms with Crippen LogP contribution < -0.4 is 5.32 Å². The zero-order chi connectivity index (χ0) is 12.9. The summed E-state index contributed by atoms with van der Waals surface area (Å²) in [5.41, 5.74) is 0.0207. The highest BCUT2D eigenvalue weighted by atomic mass is 16.2. The van der Waals surface area contributed by atoms with E-state index in [-0.39, 0.29) is 18.5 Å². The number of aryl methyl sites for hydroxylation is 1. The van der Waals surface area contributed by atoms with Crippen LogP contribution in [0.5, 0.6) is 0 Å². The largest absolute Gasteiger partial charge is 0.325 e. The van der Waals surface area contributed by atoms with Crippen LogP contribution in [0.25, 0.3) is 0 Å². The number of urea groups is 1. The van der Waals surface area contributed by atoms with Crippen LogP contribution in [0, 0.1) is 5.92 Å². The minimum atomic E-state index is -0.703. The molecule has 3 amide bonds. The van der Waals surface area contributed by atoms with Crippen molar-refractivity contribution in [3.63, 3.8) is 0 Å². The van der Waals surface area contributed by atoms with Gasteiger partial charge in [-0.15, -0.1) is 0 Å². The summed E-state index contributed by atoms with van der Waals surface area (Å²) in [5, 5.41) is 7.02. The number of carbonyl (C=O) groups is 2. The Morgan fingerprint density at radius 2 is 2.22 bits per heavy atom. The monoisotopic (exact) mass is 248 g/mol. The number of nitrogens with one attached hydrogen (secondary N) is 1. The van der Waals surface area contributed by atoms with Crippen LogP contribution >= 0.6 is 0 Å². The fourth-order valence-corrected chi connectivity index (χ4v) is 2.51. The molecule has 2 fully saturated rings. The molecular weight excluding hydrogens is 232 g/mol. The summed E-state index contributed by atoms with van der Waals surface area (Å²) in [6, 6.07) is 1.51. The van der Waals surface area contributed by atoms with E-state index in [1.807, 2.05) is 20.0 Å². The van der Waals surface area contributed by atoms with E-state index < -0.39 is 5.54 Å². The number of nitrogens with zero attached hydrogens (tertiary/aromatic N) is 3. The Hall–Kier alpha value is -1.85. The van der Waals surface area contributed by atoms with Gasteiger partial charge in [0.25, 0.3) is 5.91 Å². The van der Waals surface area contributed by atoms with Gasteiger partial charge in [-0.3, -0.25) is 14.4 Å². The summed E-state index contributed by atoms with van der Waals surface area (Å²) >= 11 is 0. The highest BCUT2D eigenvalue weighted by molar-refractivity contribution is 6.07. The second-order valence-corrected chi connectivity index (χ2v) is 5.28. The Labute approximate surface area is 105 Å². The van der Waals surface area contributed by atoms with Crippen molar-refractivity contribution in [3.8, 4) is 0 Å². The Bertz CT molecular complexity index is 520. The van der Waals surface area contributed by atoms with E-state index in [1.54, 1.807) is 10.9 Å². The maximum absolute atomic E-state index is 12.3. The lowest BCUT2D eigenvalue weighted by atomic mass is 9.96. The van der Waals surface area contributed by atoms with Gasteiger partial charge in [0.15, 0.2) is 0 Å². The van der Waals surface area contributed by atoms with Crippen molar-refractivity contribution in [1.29, 1.82) is 0 Å². The van der Waals surface area contributed by atoms with Gasteiger partial charge in [-0.1, -0.05) is 0 Å². The molecule has 96 valence electrons. The fourth-order valence-electron chi connectivity index (χ4n) is 2.51. The zero-order valence-corrected chi connectivity index (χ0v) is 10.5. The Morgan fingerprint density at radius 3 is 2.78 bits per heavy atom. The number of rotatable bonds is 3. The molecule has 0 radical (unpaired) electrons. The van der Waals surface area contributed by atoms with Gasteiger partial charge in [-0.25, -0.2) is 4.79 Å². The number of amides is 3. The van der Waals surface area contributed by atoms with Crippen LogP contribution in [0.1, 0.15) is 25.5 Å². The van der Waals surface area contributed by atoms with Crippen LogP contribution in [0.2, 0.25) is 0 Å². The second-order valence-electron chi connectivity index (χ2n) is 5.28. The molecule has 0 aromatic carbocycles. The lowest BCUT2D eigenvalue weighted by molar-refractivity contribution is -0.131. The molecule has 1 aromatic heterocycles. The van der Waals surface area contributed by atoms with Crippen LogP contribution in [-0.4, -0.2) is 32.2 Å². The minimum absolute atomic E-state index is 0.124. The highest BCUT2D eigenvalue weighted by Crippen LogP contribution is 2.42. The van der Waals surface area contributed by atoms with E-state index in [1.165, 1.54) is 4.90 Å². The van der Waals surface area contributed by atoms with Crippen molar-refractivity contribution in [1.82, 2.24) is 20.0 Å². The summed E-state index contributed by atoms with van der Waals surface area (Å²) in [4.78, 5) is 25.5. The van der Waals surface area contributed by atoms with Gasteiger partial charge in [0, 0.05) is 13.2 Å². The summed E-state index contributed by atoms with van der Waals surface area (Å²) in [5.74, 6) is 0.170. The maximum atomic E-state index is 12.3. The van der Waals surface area contributed by atoms with E-state index in [2.05, 4.69) is 10.4 Å². The van der Waals surface area contributed by atoms with Gasteiger partial charge in [0.1, 0.15) is 5.54 Å². The van der Waals surface area contributed by atoms with Crippen molar-refractivity contribution in [2.75, 3.05) is 0 Å². The molecule has 6 nitrogen and oxygen atoms in total. The average Bonchev–Trinajstić information content (AvgIpc) is 3.06. The SMILES string of the molecule is Cn1ccc(CN2C(=O)N[C@](C)(C3CC3)C2=O)n1. The third-order valence-electron chi connectivity index (χ3n) is 3.78. The summed E-state index contributed by atoms with van der Waals surface area (Å²) in [6.07, 6.45) is 3.83. The Balaban J connectivity index is 1.80. The molecule has 1 saturated heterocycles. The number of imide groups is 1. The van der Waals surface area contributed by atoms with E-state index >= 15 is 0 Å². The van der Waals surface area contributed by atoms with E-state index in [0.717, 1.165) is 18.5 Å². The quantitative estimate of drug-likeness (QED) is 0.798. The van der Waals surface area contributed by atoms with Gasteiger partial charge in [0.2, 0.25) is 0 Å². The lowest BCUT2D eigenvalue weighted by Gasteiger charge is -2.20. The third kappa shape index (κ3) is 1.60. The molecule has 0 spiro atoms. The molecule has 1 aromatic rings. The van der Waals surface area contributed by atoms with Crippen molar-refractivity contribution in [2.45, 2.75) is 31.8 Å². The van der Waals surface area contributed by atoms with Gasteiger partial charge >= 0.3 is 6.03 Å². The maximum Gasteiger partial charge on any atom is 0.325 e. The lowest BCUT2D eigenvalue weighted by Crippen LogP contribution is -2.46. The van der Waals surface area contributed by atoms with Crippen LogP contribution in [-0.2, 0) is 18.4 Å². The molecule has 1 saturated carbocycles. The first-order chi connectivity index (χ1) is 8.50. The predicted molar refractivity (Wildman–Crippen MR) is 63.4 cm³/mol. The topological polar surface area (TPSA) is 67.2 Å². The average molecular weight is 248 g/mol. The van der Waals surface area contributed by atoms with E-state index in [9.17, 15) is 9.59 Å². The smallest absolute Gasteiger partial charge is 0.323 e. The minimum Gasteiger partial charge on any atom is -0.323 e. The molecule has 1 aliphatic heterocycles. The standard InChI is InChI=1S/C12H16N4O2/c1-12(8-3-4-8)10(17)16(11(18)13-12)7-9-5-6-15(2)14-9/h5-6,8H,3-4,7H2,1-2H3,(H,13,18)/t12-/m1/s1. The summed E-state index contributed by atoms with van der Waals surface area (Å²) in [6.45, 7) is 2.07. The third-order valence-corrected chi connectivity index (χ3v) is 3.78. The zero-order valence-electron chi connectivity index (χ0n) is 10.5. The van der Waals surface area contributed by atoms with Gasteiger partial charge in [0.05, 0.1) is 12.2 Å². The van der Waals surface area contributed by atoms with Crippen molar-refractivity contribution < 1.29 is 9.59 Å². The molecule has 2 heterocycles. The molecule has 1 N–H and O–H groups in total. The molecule has 0 bridgehead atoms. The number of hydrogen-bond acceptors (Lipinski definition) is 3. The molecular formula is C12H16N4O2. The normalized spacial score (nSPS) is 27.8. The second kappa shape index (κ2) is 3.57. The van der Waals surface area contributed by atoms with Gasteiger partial charge in [-0.2, -0.15) is 5.10 Å². The first-order valence-electron chi connectivity index (χ1n) is 6.13. The summed E-state index contributed by atoms with van der Waals surface area (Å²) < 4.78 is 1.66. The molecule has 1 aliphatic carbocycles. The molecule has 0 unspecified atom stereocenters. The van der Waals surface area contributed by atoms with Crippen molar-refractivity contribution >= 4 is 11.9 Å². The van der Waals surface area contributed by atoms with Crippen molar-refractivity contribution in [2.24, 2.45) is 13.0 Å². The van der Waals surface area contributed by atoms with Crippen LogP contribution in [0.4, 0.5) is 4.79 Å². The van der Waals surface area contributed by atoms with Gasteiger partial charge in [-0.05, 0) is 31.7 Å². The molecule has 2 aliphatic rings. The van der Waals surface area contributed by atoms with Crippen LogP contribution in [0.3, 0.4) is 0 Å². The molecule has 18 heavy (non-hydrogen) atoms. The Kier molecular flexibility index (Phi) is 2.23. The first-order valence-corrected chi connectivity index (χ1v) is 6.13. The molecule has 3 rings (SSSR count). The van der Waals surface area contributed by atoms with Crippen LogP contribution in [0.15, 0.2) is 12.3 Å². The van der Waals surface area contributed by atoms with E-state index in [0.29, 0.717) is 5.92 Å². The molecule has 6 heteroatoms. The molecule has 1 atom stereocenters. The number of hydrogen-bond donors (Lipinski definition) is 1. The van der Waals surface area contributed by atoms with E-state index in [4.69, 9.17) is 0 Å². The number of carbonyl (C=O) groups excluding carboxylic acids is 2. The summed E-state index contributed by atoms with van der Waals surface area (Å²) in [7, 11) is 1.81. The fraction of sp³-hybridized carbons (Fsp3) is 0.583. The van der Waals surface area contributed by atoms with Crippen molar-refractivity contribution in [3.05, 3.63) is 18.0 Å². The Morgan fingerprint density at radius 1 is 1.50 bits per heavy atom. The predicted octanol–water partition coefficient (Wildman–Crippen LogP) is 0.641. The van der Waals surface area contributed by atoms with Gasteiger partial charge < -0.3 is 5.32 Å². The highest BCUT2D eigenvalue weighted by Gasteiger charge is 2.55. The first kappa shape index (κ1) is 11.3. The number of aromatic nitrogens is 2.